The van der Waals surface area contributed by atoms with Crippen LogP contribution in [0.15, 0.2) is 36.4 Å². The smallest absolute Gasteiger partial charge is 0.262 e. The number of fused-ring (bicyclic) bond motifs is 1. The maximum absolute atomic E-state index is 13.2. The summed E-state index contributed by atoms with van der Waals surface area (Å²) in [4.78, 5) is 26.8. The summed E-state index contributed by atoms with van der Waals surface area (Å²) in [5.74, 6) is 0.404. The van der Waals surface area contributed by atoms with E-state index in [0.29, 0.717) is 63.2 Å². The summed E-state index contributed by atoms with van der Waals surface area (Å²) in [5, 5.41) is 16.9. The van der Waals surface area contributed by atoms with Crippen molar-refractivity contribution < 1.29 is 24.2 Å². The molecule has 0 aromatic heterocycles. The molecule has 9 heteroatoms. The molecule has 0 saturated heterocycles. The number of amides is 2. The Kier molecular flexibility index (Phi) is 10.7. The molecule has 0 atom stereocenters. The number of ether oxygens (including phenoxy) is 2. The third kappa shape index (κ3) is 8.09. The molecule has 3 N–H and O–H groups in total. The fourth-order valence-corrected chi connectivity index (χ4v) is 5.36. The van der Waals surface area contributed by atoms with Crippen molar-refractivity contribution in [2.24, 2.45) is 0 Å². The first-order valence-corrected chi connectivity index (χ1v) is 14.0. The van der Waals surface area contributed by atoms with Crippen LogP contribution < -0.4 is 15.4 Å². The number of halogens is 1. The van der Waals surface area contributed by atoms with Gasteiger partial charge in [0.15, 0.2) is 12.4 Å². The molecule has 0 bridgehead atoms. The standard InChI is InChI=1S/C29H38ClN3O5/c30-23-6-4-5-21(19-23)12-17-37-18-13-27(36)33(24-7-2-1-3-8-24)16-15-31-14-11-22-9-10-25(34)28-29(22)38-20-26(35)32-28/h4-6,9-10,19,24,31,34H,1-3,7-8,11-18,20H2,(H,32,35). The molecule has 4 rings (SSSR count). The van der Waals surface area contributed by atoms with E-state index in [1.165, 1.54) is 19.3 Å². The number of phenolic OH excluding ortho intramolecular Hbond substituents is 1. The zero-order valence-corrected chi connectivity index (χ0v) is 22.6. The van der Waals surface area contributed by atoms with Gasteiger partial charge in [-0.1, -0.05) is 49.1 Å². The van der Waals surface area contributed by atoms with Gasteiger partial charge in [-0.05, 0) is 61.6 Å². The van der Waals surface area contributed by atoms with Crippen LogP contribution >= 0.6 is 11.6 Å². The Morgan fingerprint density at radius 3 is 2.79 bits per heavy atom. The molecule has 0 radical (unpaired) electrons. The fourth-order valence-electron chi connectivity index (χ4n) is 5.15. The van der Waals surface area contributed by atoms with Crippen LogP contribution in [0.2, 0.25) is 5.02 Å². The van der Waals surface area contributed by atoms with Crippen molar-refractivity contribution in [1.29, 1.82) is 0 Å². The van der Waals surface area contributed by atoms with E-state index < -0.39 is 0 Å². The van der Waals surface area contributed by atoms with Gasteiger partial charge in [0, 0.05) is 24.2 Å². The van der Waals surface area contributed by atoms with Gasteiger partial charge in [-0.2, -0.15) is 0 Å². The quantitative estimate of drug-likeness (QED) is 0.257. The second kappa shape index (κ2) is 14.4. The van der Waals surface area contributed by atoms with Gasteiger partial charge in [0.1, 0.15) is 11.4 Å². The maximum Gasteiger partial charge on any atom is 0.262 e. The minimum Gasteiger partial charge on any atom is -0.506 e. The Morgan fingerprint density at radius 1 is 1.13 bits per heavy atom. The number of hydrogen-bond donors (Lipinski definition) is 3. The summed E-state index contributed by atoms with van der Waals surface area (Å²) < 4.78 is 11.3. The Balaban J connectivity index is 1.21. The first-order valence-electron chi connectivity index (χ1n) is 13.6. The van der Waals surface area contributed by atoms with Gasteiger partial charge >= 0.3 is 0 Å². The van der Waals surface area contributed by atoms with E-state index in [2.05, 4.69) is 10.6 Å². The van der Waals surface area contributed by atoms with E-state index in [-0.39, 0.29) is 24.2 Å². The van der Waals surface area contributed by atoms with E-state index in [1.54, 1.807) is 6.07 Å². The fraction of sp³-hybridized carbons (Fsp3) is 0.517. The van der Waals surface area contributed by atoms with Crippen LogP contribution in [0.1, 0.15) is 49.7 Å². The first-order chi connectivity index (χ1) is 18.5. The molecule has 1 aliphatic carbocycles. The van der Waals surface area contributed by atoms with E-state index in [0.717, 1.165) is 35.4 Å². The van der Waals surface area contributed by atoms with Crippen LogP contribution in [0.3, 0.4) is 0 Å². The number of carbonyl (C=O) groups excluding carboxylic acids is 2. The molecule has 1 fully saturated rings. The van der Waals surface area contributed by atoms with Crippen LogP contribution in [0.5, 0.6) is 11.5 Å². The maximum atomic E-state index is 13.2. The minimum atomic E-state index is -0.276. The molecule has 2 aliphatic rings. The molecular formula is C29H38ClN3O5. The highest BCUT2D eigenvalue weighted by Crippen LogP contribution is 2.39. The number of carbonyl (C=O) groups is 2. The number of nitrogens with zero attached hydrogens (tertiary/aromatic N) is 1. The zero-order valence-electron chi connectivity index (χ0n) is 21.8. The predicted octanol–water partition coefficient (Wildman–Crippen LogP) is 4.32. The van der Waals surface area contributed by atoms with E-state index >= 15 is 0 Å². The second-order valence-electron chi connectivity index (χ2n) is 9.91. The van der Waals surface area contributed by atoms with Crippen molar-refractivity contribution in [3.05, 3.63) is 52.5 Å². The normalized spacial score (nSPS) is 15.4. The van der Waals surface area contributed by atoms with E-state index in [1.807, 2.05) is 35.2 Å². The number of nitrogens with one attached hydrogen (secondary N) is 2. The minimum absolute atomic E-state index is 0.000150. The Morgan fingerprint density at radius 2 is 1.97 bits per heavy atom. The van der Waals surface area contributed by atoms with Gasteiger partial charge in [0.05, 0.1) is 19.6 Å². The summed E-state index contributed by atoms with van der Waals surface area (Å²) in [6.45, 7) is 2.96. The van der Waals surface area contributed by atoms with Gasteiger partial charge in [-0.25, -0.2) is 0 Å². The lowest BCUT2D eigenvalue weighted by molar-refractivity contribution is -0.135. The molecular weight excluding hydrogens is 506 g/mol. The van der Waals surface area contributed by atoms with Gasteiger partial charge in [-0.15, -0.1) is 0 Å². The molecule has 1 aliphatic heterocycles. The summed E-state index contributed by atoms with van der Waals surface area (Å²) in [7, 11) is 0. The third-order valence-corrected chi connectivity index (χ3v) is 7.39. The topological polar surface area (TPSA) is 100 Å². The van der Waals surface area contributed by atoms with Crippen molar-refractivity contribution in [2.75, 3.05) is 44.8 Å². The summed E-state index contributed by atoms with van der Waals surface area (Å²) in [5.41, 5.74) is 2.38. The highest BCUT2D eigenvalue weighted by Gasteiger charge is 2.25. The zero-order chi connectivity index (χ0) is 26.7. The average molecular weight is 544 g/mol. The average Bonchev–Trinajstić information content (AvgIpc) is 2.92. The van der Waals surface area contributed by atoms with Crippen LogP contribution in [0, 0.1) is 0 Å². The van der Waals surface area contributed by atoms with Crippen LogP contribution in [-0.2, 0) is 27.2 Å². The number of benzene rings is 2. The van der Waals surface area contributed by atoms with Crippen LogP contribution in [0.25, 0.3) is 0 Å². The second-order valence-corrected chi connectivity index (χ2v) is 10.3. The van der Waals surface area contributed by atoms with Gasteiger partial charge in [-0.3, -0.25) is 9.59 Å². The molecule has 1 saturated carbocycles. The molecule has 2 amide bonds. The highest BCUT2D eigenvalue weighted by atomic mass is 35.5. The Hall–Kier alpha value is -2.81. The van der Waals surface area contributed by atoms with Crippen molar-refractivity contribution in [3.63, 3.8) is 0 Å². The molecule has 206 valence electrons. The number of phenols is 1. The molecule has 8 nitrogen and oxygen atoms in total. The van der Waals surface area contributed by atoms with E-state index in [4.69, 9.17) is 21.1 Å². The number of aromatic hydroxyl groups is 1. The Bertz CT molecular complexity index is 1090. The van der Waals surface area contributed by atoms with Gasteiger partial charge in [0.2, 0.25) is 5.91 Å². The molecule has 0 spiro atoms. The molecule has 2 aromatic carbocycles. The van der Waals surface area contributed by atoms with Crippen LogP contribution in [0.4, 0.5) is 5.69 Å². The highest BCUT2D eigenvalue weighted by molar-refractivity contribution is 6.30. The van der Waals surface area contributed by atoms with E-state index in [9.17, 15) is 14.7 Å². The lowest BCUT2D eigenvalue weighted by atomic mass is 9.94. The van der Waals surface area contributed by atoms with Gasteiger partial charge in [0.25, 0.3) is 5.91 Å². The molecule has 38 heavy (non-hydrogen) atoms. The Labute approximate surface area is 229 Å². The molecule has 0 unspecified atom stereocenters. The molecule has 1 heterocycles. The van der Waals surface area contributed by atoms with Gasteiger partial charge < -0.3 is 30.1 Å². The lowest BCUT2D eigenvalue weighted by Gasteiger charge is -2.34. The lowest BCUT2D eigenvalue weighted by Crippen LogP contribution is -2.45. The summed E-state index contributed by atoms with van der Waals surface area (Å²) in [6.07, 6.45) is 7.52. The number of rotatable bonds is 13. The largest absolute Gasteiger partial charge is 0.506 e. The summed E-state index contributed by atoms with van der Waals surface area (Å²) in [6, 6.07) is 11.4. The van der Waals surface area contributed by atoms with Crippen molar-refractivity contribution in [1.82, 2.24) is 10.2 Å². The predicted molar refractivity (Wildman–Crippen MR) is 148 cm³/mol. The SMILES string of the molecule is O=C1COc2c(CCNCCN(C(=O)CCOCCc3cccc(Cl)c3)C3CCCCC3)ccc(O)c2N1. The number of anilines is 1. The third-order valence-electron chi connectivity index (χ3n) is 7.15. The van der Waals surface area contributed by atoms with Crippen molar-refractivity contribution >= 4 is 29.1 Å². The van der Waals surface area contributed by atoms with Crippen LogP contribution in [-0.4, -0.2) is 67.3 Å². The van der Waals surface area contributed by atoms with Crippen molar-refractivity contribution in [3.8, 4) is 11.5 Å². The number of hydrogen-bond acceptors (Lipinski definition) is 6. The molecule has 2 aromatic rings. The van der Waals surface area contributed by atoms with Crippen molar-refractivity contribution in [2.45, 2.75) is 57.4 Å². The summed E-state index contributed by atoms with van der Waals surface area (Å²) >= 11 is 6.04. The first kappa shape index (κ1) is 28.2. The monoisotopic (exact) mass is 543 g/mol.